The molecule has 27 heavy (non-hydrogen) atoms. The highest BCUT2D eigenvalue weighted by atomic mass is 32.1. The van der Waals surface area contributed by atoms with Crippen molar-refractivity contribution in [3.8, 4) is 10.6 Å². The summed E-state index contributed by atoms with van der Waals surface area (Å²) in [5.41, 5.74) is 3.11. The molecule has 0 spiro atoms. The Hall–Kier alpha value is -3.06. The molecule has 4 aromatic rings. The molecule has 0 aliphatic carbocycles. The summed E-state index contributed by atoms with van der Waals surface area (Å²) in [6.45, 7) is 4.66. The van der Waals surface area contributed by atoms with Crippen LogP contribution in [0.25, 0.3) is 21.6 Å². The van der Waals surface area contributed by atoms with Crippen molar-refractivity contribution in [1.82, 2.24) is 25.1 Å². The van der Waals surface area contributed by atoms with E-state index >= 15 is 0 Å². The van der Waals surface area contributed by atoms with E-state index in [-0.39, 0.29) is 11.9 Å². The van der Waals surface area contributed by atoms with Gasteiger partial charge in [0.2, 0.25) is 0 Å². The van der Waals surface area contributed by atoms with Gasteiger partial charge in [-0.05, 0) is 49.1 Å². The number of nitrogens with one attached hydrogen (secondary N) is 1. The summed E-state index contributed by atoms with van der Waals surface area (Å²) in [5.74, 6) is -0.139. The second kappa shape index (κ2) is 7.28. The van der Waals surface area contributed by atoms with Gasteiger partial charge in [0.1, 0.15) is 0 Å². The number of rotatable bonds is 5. The number of pyridine rings is 2. The maximum atomic E-state index is 13.1. The fourth-order valence-corrected chi connectivity index (χ4v) is 3.71. The summed E-state index contributed by atoms with van der Waals surface area (Å²) < 4.78 is 1.81. The van der Waals surface area contributed by atoms with Gasteiger partial charge in [0, 0.05) is 18.9 Å². The summed E-state index contributed by atoms with van der Waals surface area (Å²) in [5, 5.41) is 10.2. The third kappa shape index (κ3) is 3.33. The molecule has 0 saturated carbocycles. The third-order valence-corrected chi connectivity index (χ3v) is 5.37. The highest BCUT2D eigenvalue weighted by Gasteiger charge is 2.19. The SMILES string of the molecule is CCn1ncc2c(C(=O)N[C@H](C)c3ccncc3)cc(-c3cccs3)nc21. The molecule has 1 N–H and O–H groups in total. The molecular weight excluding hydrogens is 358 g/mol. The first kappa shape index (κ1) is 17.4. The maximum absolute atomic E-state index is 13.1. The van der Waals surface area contributed by atoms with Crippen molar-refractivity contribution in [2.75, 3.05) is 0 Å². The molecule has 4 rings (SSSR count). The normalized spacial score (nSPS) is 12.2. The van der Waals surface area contributed by atoms with Gasteiger partial charge in [0.15, 0.2) is 5.65 Å². The molecular formula is C20H19N5OS. The van der Waals surface area contributed by atoms with Gasteiger partial charge in [-0.15, -0.1) is 11.3 Å². The number of hydrogen-bond donors (Lipinski definition) is 1. The van der Waals surface area contributed by atoms with E-state index in [1.807, 2.05) is 54.2 Å². The lowest BCUT2D eigenvalue weighted by molar-refractivity contribution is 0.0941. The van der Waals surface area contributed by atoms with Crippen molar-refractivity contribution in [2.24, 2.45) is 0 Å². The molecule has 7 heteroatoms. The number of amides is 1. The van der Waals surface area contributed by atoms with E-state index in [9.17, 15) is 4.79 Å². The van der Waals surface area contributed by atoms with E-state index in [4.69, 9.17) is 4.98 Å². The van der Waals surface area contributed by atoms with Crippen LogP contribution in [0, 0.1) is 0 Å². The van der Waals surface area contributed by atoms with Gasteiger partial charge in [0.25, 0.3) is 5.91 Å². The molecule has 1 amide bonds. The van der Waals surface area contributed by atoms with Crippen molar-refractivity contribution in [1.29, 1.82) is 0 Å². The van der Waals surface area contributed by atoms with Crippen molar-refractivity contribution in [3.05, 3.63) is 65.4 Å². The van der Waals surface area contributed by atoms with E-state index in [1.165, 1.54) is 0 Å². The van der Waals surface area contributed by atoms with E-state index in [1.54, 1.807) is 29.9 Å². The highest BCUT2D eigenvalue weighted by Crippen LogP contribution is 2.28. The monoisotopic (exact) mass is 377 g/mol. The Morgan fingerprint density at radius 3 is 2.81 bits per heavy atom. The second-order valence-electron chi connectivity index (χ2n) is 6.21. The molecule has 4 aromatic heterocycles. The first-order valence-electron chi connectivity index (χ1n) is 8.78. The molecule has 136 valence electrons. The van der Waals surface area contributed by atoms with Crippen LogP contribution >= 0.6 is 11.3 Å². The quantitative estimate of drug-likeness (QED) is 0.569. The first-order valence-corrected chi connectivity index (χ1v) is 9.66. The van der Waals surface area contributed by atoms with Crippen LogP contribution in [0.5, 0.6) is 0 Å². The predicted octanol–water partition coefficient (Wildman–Crippen LogP) is 4.07. The Kier molecular flexibility index (Phi) is 4.68. The van der Waals surface area contributed by atoms with Crippen LogP contribution in [0.4, 0.5) is 0 Å². The van der Waals surface area contributed by atoms with E-state index in [0.717, 1.165) is 27.2 Å². The minimum Gasteiger partial charge on any atom is -0.345 e. The lowest BCUT2D eigenvalue weighted by Gasteiger charge is -2.15. The predicted molar refractivity (Wildman–Crippen MR) is 107 cm³/mol. The summed E-state index contributed by atoms with van der Waals surface area (Å²) in [4.78, 5) is 22.9. The zero-order chi connectivity index (χ0) is 18.8. The molecule has 0 saturated heterocycles. The number of nitrogens with zero attached hydrogens (tertiary/aromatic N) is 4. The lowest BCUT2D eigenvalue weighted by atomic mass is 10.1. The summed E-state index contributed by atoms with van der Waals surface area (Å²) in [7, 11) is 0. The van der Waals surface area contributed by atoms with Crippen LogP contribution in [0.15, 0.2) is 54.3 Å². The van der Waals surface area contributed by atoms with Crippen molar-refractivity contribution < 1.29 is 4.79 Å². The third-order valence-electron chi connectivity index (χ3n) is 4.48. The topological polar surface area (TPSA) is 72.7 Å². The standard InChI is InChI=1S/C20H19N5OS/c1-3-25-19-16(12-22-25)15(11-17(24-19)18-5-4-10-27-18)20(26)23-13(2)14-6-8-21-9-7-14/h4-13H,3H2,1-2H3,(H,23,26)/t13-/m1/s1. The zero-order valence-electron chi connectivity index (χ0n) is 15.1. The molecule has 0 aliphatic rings. The summed E-state index contributed by atoms with van der Waals surface area (Å²) >= 11 is 1.60. The number of hydrogen-bond acceptors (Lipinski definition) is 5. The van der Waals surface area contributed by atoms with Crippen LogP contribution in [0.1, 0.15) is 35.8 Å². The van der Waals surface area contributed by atoms with Gasteiger partial charge in [-0.2, -0.15) is 5.10 Å². The smallest absolute Gasteiger partial charge is 0.252 e. The Morgan fingerprint density at radius 2 is 2.11 bits per heavy atom. The molecule has 6 nitrogen and oxygen atoms in total. The minimum absolute atomic E-state index is 0.130. The molecule has 0 fully saturated rings. The number of carbonyl (C=O) groups excluding carboxylic acids is 1. The first-order chi connectivity index (χ1) is 13.2. The molecule has 0 bridgehead atoms. The summed E-state index contributed by atoms with van der Waals surface area (Å²) in [6.07, 6.45) is 5.17. The molecule has 0 radical (unpaired) electrons. The van der Waals surface area contributed by atoms with Crippen LogP contribution in [0.3, 0.4) is 0 Å². The summed E-state index contributed by atoms with van der Waals surface area (Å²) in [6, 6.07) is 9.51. The van der Waals surface area contributed by atoms with Gasteiger partial charge >= 0.3 is 0 Å². The fourth-order valence-electron chi connectivity index (χ4n) is 3.03. The Morgan fingerprint density at radius 1 is 1.30 bits per heavy atom. The maximum Gasteiger partial charge on any atom is 0.252 e. The van der Waals surface area contributed by atoms with Gasteiger partial charge in [-0.25, -0.2) is 9.67 Å². The number of fused-ring (bicyclic) bond motifs is 1. The molecule has 0 unspecified atom stereocenters. The Labute approximate surface area is 160 Å². The number of aromatic nitrogens is 4. The fraction of sp³-hybridized carbons (Fsp3) is 0.200. The second-order valence-corrected chi connectivity index (χ2v) is 7.15. The number of thiophene rings is 1. The van der Waals surface area contributed by atoms with E-state index in [2.05, 4.69) is 15.4 Å². The van der Waals surface area contributed by atoms with Crippen LogP contribution in [0.2, 0.25) is 0 Å². The average Bonchev–Trinajstić information content (AvgIpc) is 3.37. The van der Waals surface area contributed by atoms with Crippen molar-refractivity contribution >= 4 is 28.3 Å². The van der Waals surface area contributed by atoms with Gasteiger partial charge in [0.05, 0.1) is 33.8 Å². The molecule has 1 atom stereocenters. The van der Waals surface area contributed by atoms with Crippen LogP contribution < -0.4 is 5.32 Å². The Bertz CT molecular complexity index is 1070. The largest absolute Gasteiger partial charge is 0.345 e. The van der Waals surface area contributed by atoms with Crippen molar-refractivity contribution in [2.45, 2.75) is 26.4 Å². The van der Waals surface area contributed by atoms with Gasteiger partial charge in [-0.3, -0.25) is 9.78 Å². The molecule has 0 aromatic carbocycles. The number of aryl methyl sites for hydroxylation is 1. The van der Waals surface area contributed by atoms with Gasteiger partial charge in [-0.1, -0.05) is 6.07 Å². The molecule has 0 aliphatic heterocycles. The minimum atomic E-state index is -0.139. The van der Waals surface area contributed by atoms with Crippen LogP contribution in [-0.2, 0) is 6.54 Å². The Balaban J connectivity index is 1.75. The van der Waals surface area contributed by atoms with E-state index in [0.29, 0.717) is 12.1 Å². The van der Waals surface area contributed by atoms with Crippen molar-refractivity contribution in [3.63, 3.8) is 0 Å². The van der Waals surface area contributed by atoms with E-state index < -0.39 is 0 Å². The van der Waals surface area contributed by atoms with Gasteiger partial charge < -0.3 is 5.32 Å². The molecule has 4 heterocycles. The number of carbonyl (C=O) groups is 1. The lowest BCUT2D eigenvalue weighted by Crippen LogP contribution is -2.27. The van der Waals surface area contributed by atoms with Crippen LogP contribution in [-0.4, -0.2) is 25.7 Å². The zero-order valence-corrected chi connectivity index (χ0v) is 15.9. The highest BCUT2D eigenvalue weighted by molar-refractivity contribution is 7.13. The average molecular weight is 377 g/mol.